The number of hydrogen-bond acceptors (Lipinski definition) is 3. The fourth-order valence-electron chi connectivity index (χ4n) is 1.23. The number of thiophene rings is 1. The quantitative estimate of drug-likeness (QED) is 0.681. The van der Waals surface area contributed by atoms with E-state index in [1.807, 2.05) is 0 Å². The van der Waals surface area contributed by atoms with Crippen molar-refractivity contribution >= 4 is 39.4 Å². The molecule has 0 radical (unpaired) electrons. The van der Waals surface area contributed by atoms with Gasteiger partial charge in [0, 0.05) is 10.0 Å². The van der Waals surface area contributed by atoms with Crippen LogP contribution in [-0.4, -0.2) is 12.1 Å². The van der Waals surface area contributed by atoms with Gasteiger partial charge in [-0.2, -0.15) is 5.10 Å². The molecule has 0 aliphatic carbocycles. The number of amides is 1. The van der Waals surface area contributed by atoms with Crippen LogP contribution in [0.25, 0.3) is 0 Å². The molecule has 0 saturated carbocycles. The van der Waals surface area contributed by atoms with Gasteiger partial charge >= 0.3 is 0 Å². The van der Waals surface area contributed by atoms with Crippen LogP contribution in [0.5, 0.6) is 0 Å². The van der Waals surface area contributed by atoms with Gasteiger partial charge in [0.05, 0.1) is 11.1 Å². The van der Waals surface area contributed by atoms with E-state index < -0.39 is 5.82 Å². The number of hydrogen-bond donors (Lipinski definition) is 1. The molecule has 6 heteroatoms. The van der Waals surface area contributed by atoms with Gasteiger partial charge in [-0.25, -0.2) is 9.82 Å². The molecule has 3 nitrogen and oxygen atoms in total. The Hall–Kier alpha value is -1.53. The largest absolute Gasteiger partial charge is 0.281 e. The first kappa shape index (κ1) is 12.9. The van der Waals surface area contributed by atoms with Gasteiger partial charge in [0.1, 0.15) is 5.82 Å². The molecule has 1 heterocycles. The number of hydrazone groups is 1. The number of halogens is 2. The maximum Gasteiger partial charge on any atom is 0.281 e. The number of benzene rings is 1. The van der Waals surface area contributed by atoms with Crippen LogP contribution in [0.1, 0.15) is 15.2 Å². The molecule has 0 unspecified atom stereocenters. The first-order chi connectivity index (χ1) is 8.66. The summed E-state index contributed by atoms with van der Waals surface area (Å²) in [6, 6.07) is 8.07. The van der Waals surface area contributed by atoms with E-state index in [1.54, 1.807) is 29.6 Å². The molecule has 92 valence electrons. The lowest BCUT2D eigenvalue weighted by molar-refractivity contribution is 0.0959. The van der Waals surface area contributed by atoms with Crippen molar-refractivity contribution in [2.75, 3.05) is 0 Å². The van der Waals surface area contributed by atoms with Gasteiger partial charge in [0.15, 0.2) is 0 Å². The lowest BCUT2D eigenvalue weighted by Gasteiger charge is -1.98. The van der Waals surface area contributed by atoms with Crippen molar-refractivity contribution in [2.24, 2.45) is 5.10 Å². The van der Waals surface area contributed by atoms with E-state index in [-0.39, 0.29) is 5.91 Å². The second kappa shape index (κ2) is 5.88. The van der Waals surface area contributed by atoms with Crippen LogP contribution in [-0.2, 0) is 0 Å². The van der Waals surface area contributed by atoms with Crippen LogP contribution in [0.3, 0.4) is 0 Å². The molecule has 1 N–H and O–H groups in total. The highest BCUT2D eigenvalue weighted by Crippen LogP contribution is 2.13. The number of carbonyl (C=O) groups excluding carboxylic acids is 1. The molecule has 1 aromatic carbocycles. The van der Waals surface area contributed by atoms with Gasteiger partial charge < -0.3 is 0 Å². The van der Waals surface area contributed by atoms with Gasteiger partial charge in [-0.1, -0.05) is 22.0 Å². The van der Waals surface area contributed by atoms with Crippen molar-refractivity contribution in [2.45, 2.75) is 0 Å². The zero-order valence-corrected chi connectivity index (χ0v) is 11.5. The zero-order chi connectivity index (χ0) is 13.0. The Morgan fingerprint density at radius 3 is 2.94 bits per heavy atom. The molecular formula is C12H8BrFN2OS. The zero-order valence-electron chi connectivity index (χ0n) is 9.06. The number of nitrogens with zero attached hydrogens (tertiary/aromatic N) is 1. The summed E-state index contributed by atoms with van der Waals surface area (Å²) in [5.74, 6) is -0.711. The molecule has 2 rings (SSSR count). The fraction of sp³-hybridized carbons (Fsp3) is 0. The summed E-state index contributed by atoms with van der Waals surface area (Å²) in [6.45, 7) is 0. The molecule has 2 aromatic rings. The average molecular weight is 327 g/mol. The van der Waals surface area contributed by atoms with Crippen molar-refractivity contribution in [3.05, 3.63) is 56.4 Å². The maximum atomic E-state index is 13.4. The average Bonchev–Trinajstić information content (AvgIpc) is 2.85. The summed E-state index contributed by atoms with van der Waals surface area (Å²) in [4.78, 5) is 12.1. The van der Waals surface area contributed by atoms with Crippen molar-refractivity contribution in [3.8, 4) is 0 Å². The summed E-state index contributed by atoms with van der Waals surface area (Å²) in [5.41, 5.74) is 2.65. The van der Waals surface area contributed by atoms with E-state index in [0.717, 1.165) is 0 Å². The minimum Gasteiger partial charge on any atom is -0.266 e. The molecule has 0 bridgehead atoms. The van der Waals surface area contributed by atoms with Crippen molar-refractivity contribution in [1.82, 2.24) is 5.43 Å². The highest BCUT2D eigenvalue weighted by Gasteiger charge is 2.04. The summed E-state index contributed by atoms with van der Waals surface area (Å²) in [7, 11) is 0. The van der Waals surface area contributed by atoms with Crippen LogP contribution in [0, 0.1) is 5.82 Å². The van der Waals surface area contributed by atoms with E-state index in [2.05, 4.69) is 26.5 Å². The van der Waals surface area contributed by atoms with E-state index >= 15 is 0 Å². The Morgan fingerprint density at radius 2 is 2.28 bits per heavy atom. The van der Waals surface area contributed by atoms with Crippen molar-refractivity contribution in [3.63, 3.8) is 0 Å². The molecule has 0 aliphatic heterocycles. The van der Waals surface area contributed by atoms with Gasteiger partial charge in [-0.05, 0) is 29.6 Å². The molecule has 0 saturated heterocycles. The van der Waals surface area contributed by atoms with Crippen LogP contribution in [0.15, 0.2) is 45.3 Å². The Bertz CT molecular complexity index is 584. The summed E-state index contributed by atoms with van der Waals surface area (Å²) < 4.78 is 14.1. The Labute approximate surface area is 115 Å². The Morgan fingerprint density at radius 1 is 1.44 bits per heavy atom. The van der Waals surface area contributed by atoms with E-state index in [9.17, 15) is 9.18 Å². The fourth-order valence-corrected chi connectivity index (χ4v) is 2.18. The molecule has 0 atom stereocenters. The molecule has 0 aliphatic rings. The van der Waals surface area contributed by atoms with Gasteiger partial charge in [-0.3, -0.25) is 4.79 Å². The van der Waals surface area contributed by atoms with Gasteiger partial charge in [0.2, 0.25) is 0 Å². The number of carbonyl (C=O) groups is 1. The van der Waals surface area contributed by atoms with Crippen LogP contribution in [0.2, 0.25) is 0 Å². The highest BCUT2D eigenvalue weighted by atomic mass is 79.9. The lowest BCUT2D eigenvalue weighted by atomic mass is 10.2. The Kier molecular flexibility index (Phi) is 4.22. The lowest BCUT2D eigenvalue weighted by Crippen LogP contribution is -2.16. The highest BCUT2D eigenvalue weighted by molar-refractivity contribution is 9.10. The standard InChI is InChI=1S/C12H8BrFN2OS/c13-9-4-3-8(10(14)6-9)7-15-16-12(17)11-2-1-5-18-11/h1-7H,(H,16,17)/b15-7-. The van der Waals surface area contributed by atoms with E-state index in [0.29, 0.717) is 14.9 Å². The summed E-state index contributed by atoms with van der Waals surface area (Å²) in [6.07, 6.45) is 1.27. The van der Waals surface area contributed by atoms with Crippen molar-refractivity contribution < 1.29 is 9.18 Å². The smallest absolute Gasteiger partial charge is 0.266 e. The van der Waals surface area contributed by atoms with E-state index in [1.165, 1.54) is 23.6 Å². The molecule has 1 aromatic heterocycles. The predicted octanol–water partition coefficient (Wildman–Crippen LogP) is 3.41. The van der Waals surface area contributed by atoms with Gasteiger partial charge in [0.25, 0.3) is 5.91 Å². The van der Waals surface area contributed by atoms with Crippen LogP contribution in [0.4, 0.5) is 4.39 Å². The first-order valence-corrected chi connectivity index (χ1v) is 6.66. The SMILES string of the molecule is O=C(N/N=C\c1ccc(Br)cc1F)c1cccs1. The monoisotopic (exact) mass is 326 g/mol. The summed E-state index contributed by atoms with van der Waals surface area (Å²) in [5, 5.41) is 5.51. The third-order valence-corrected chi connectivity index (χ3v) is 3.44. The maximum absolute atomic E-state index is 13.4. The van der Waals surface area contributed by atoms with Crippen molar-refractivity contribution in [1.29, 1.82) is 0 Å². The molecule has 0 fully saturated rings. The first-order valence-electron chi connectivity index (χ1n) is 4.99. The number of rotatable bonds is 3. The minimum atomic E-state index is -0.404. The molecule has 0 spiro atoms. The van der Waals surface area contributed by atoms with Gasteiger partial charge in [-0.15, -0.1) is 11.3 Å². The topological polar surface area (TPSA) is 41.5 Å². The number of nitrogens with one attached hydrogen (secondary N) is 1. The summed E-state index contributed by atoms with van der Waals surface area (Å²) >= 11 is 4.48. The third-order valence-electron chi connectivity index (χ3n) is 2.08. The van der Waals surface area contributed by atoms with E-state index in [4.69, 9.17) is 0 Å². The second-order valence-corrected chi connectivity index (χ2v) is 5.21. The van der Waals surface area contributed by atoms with Crippen LogP contribution >= 0.6 is 27.3 Å². The van der Waals surface area contributed by atoms with Crippen LogP contribution < -0.4 is 5.43 Å². The second-order valence-electron chi connectivity index (χ2n) is 3.34. The molecule has 18 heavy (non-hydrogen) atoms. The Balaban J connectivity index is 2.01. The predicted molar refractivity (Wildman–Crippen MR) is 73.5 cm³/mol. The molecular weight excluding hydrogens is 319 g/mol. The normalized spacial score (nSPS) is 10.8. The molecule has 1 amide bonds. The minimum absolute atomic E-state index is 0.307. The third kappa shape index (κ3) is 3.24.